The van der Waals surface area contributed by atoms with E-state index in [0.29, 0.717) is 5.31 Å². The zero-order chi connectivity index (χ0) is 5.71. The third-order valence-corrected chi connectivity index (χ3v) is 1.97. The monoisotopic (exact) mass is 96.1 g/mol. The highest BCUT2D eigenvalue weighted by Gasteiger charge is 2.55. The van der Waals surface area contributed by atoms with Crippen molar-refractivity contribution in [3.8, 4) is 0 Å². The molecule has 1 saturated heterocycles. The summed E-state index contributed by atoms with van der Waals surface area (Å²) < 4.78 is 0. The first-order valence-corrected chi connectivity index (χ1v) is 2.62. The predicted molar refractivity (Wildman–Crippen MR) is 32.4 cm³/mol. The molecule has 7 heavy (non-hydrogen) atoms. The fraction of sp³-hybridized carbons (Fsp3) is 1.00. The topological polar surface area (TPSA) is 26.0 Å². The van der Waals surface area contributed by atoms with Crippen molar-refractivity contribution in [2.75, 3.05) is 0 Å². The molecule has 2 N–H and O–H groups in total. The average Bonchev–Trinajstić information content (AvgIpc) is 1.63. The summed E-state index contributed by atoms with van der Waals surface area (Å²) in [6, 6.07) is 0. The summed E-state index contributed by atoms with van der Waals surface area (Å²) >= 11 is 0. The molecule has 2 heteroatoms. The van der Waals surface area contributed by atoms with E-state index in [2.05, 4.69) is 21.1 Å². The van der Waals surface area contributed by atoms with Gasteiger partial charge in [-0.05, 0) is 5.44 Å². The van der Waals surface area contributed by atoms with Crippen LogP contribution in [0.5, 0.6) is 0 Å². The van der Waals surface area contributed by atoms with Crippen LogP contribution in [0.4, 0.5) is 0 Å². The maximum atomic E-state index is 5.69. The molecule has 1 aliphatic rings. The predicted octanol–water partition coefficient (Wildman–Crippen LogP) is 0.578. The molecule has 1 rings (SSSR count). The Hall–Kier alpha value is 0.0249. The second kappa shape index (κ2) is 0.897. The highest BCUT2D eigenvalue weighted by molar-refractivity contribution is 6.59. The highest BCUT2D eigenvalue weighted by Crippen LogP contribution is 2.51. The lowest BCUT2D eigenvalue weighted by Crippen LogP contribution is -2.21. The van der Waals surface area contributed by atoms with E-state index in [4.69, 9.17) is 5.73 Å². The van der Waals surface area contributed by atoms with Gasteiger partial charge >= 0.3 is 0 Å². The maximum Gasteiger partial charge on any atom is 0.144 e. The number of nitrogens with two attached hydrogens (primary N) is 1. The second-order valence-electron chi connectivity index (χ2n) is 3.15. The van der Waals surface area contributed by atoms with Crippen molar-refractivity contribution in [3.05, 3.63) is 0 Å². The fourth-order valence-electron chi connectivity index (χ4n) is 0.714. The minimum absolute atomic E-state index is 0.0208. The van der Waals surface area contributed by atoms with Gasteiger partial charge < -0.3 is 5.73 Å². The van der Waals surface area contributed by atoms with Gasteiger partial charge in [0, 0.05) is 0 Å². The molecule has 1 unspecified atom stereocenters. The van der Waals surface area contributed by atoms with E-state index >= 15 is 0 Å². The summed E-state index contributed by atoms with van der Waals surface area (Å²) in [7, 11) is 2.15. The molecule has 0 bridgehead atoms. The van der Waals surface area contributed by atoms with Gasteiger partial charge in [0.05, 0.1) is 0 Å². The van der Waals surface area contributed by atoms with Crippen LogP contribution in [-0.2, 0) is 0 Å². The van der Waals surface area contributed by atoms with Gasteiger partial charge in [-0.3, -0.25) is 0 Å². The molecule has 0 spiro atoms. The van der Waals surface area contributed by atoms with Crippen molar-refractivity contribution >= 4 is 7.28 Å². The van der Waals surface area contributed by atoms with Gasteiger partial charge in [0.25, 0.3) is 0 Å². The van der Waals surface area contributed by atoms with Crippen LogP contribution in [0.1, 0.15) is 20.8 Å². The second-order valence-corrected chi connectivity index (χ2v) is 3.15. The molecule has 1 heterocycles. The third-order valence-electron chi connectivity index (χ3n) is 1.97. The number of hydrogen-bond donors (Lipinski definition) is 1. The molecule has 1 nitrogen and oxygen atoms in total. The van der Waals surface area contributed by atoms with Gasteiger partial charge in [0.2, 0.25) is 0 Å². The lowest BCUT2D eigenvalue weighted by atomic mass is 9.91. The van der Waals surface area contributed by atoms with Crippen LogP contribution in [0.2, 0.25) is 5.31 Å². The van der Waals surface area contributed by atoms with E-state index in [9.17, 15) is 0 Å². The van der Waals surface area contributed by atoms with Gasteiger partial charge in [0.15, 0.2) is 0 Å². The first-order chi connectivity index (χ1) is 2.96. The van der Waals surface area contributed by atoms with Crippen LogP contribution in [-0.4, -0.2) is 12.7 Å². The van der Waals surface area contributed by atoms with Gasteiger partial charge in [-0.25, -0.2) is 0 Å². The largest absolute Gasteiger partial charge is 0.333 e. The zero-order valence-electron chi connectivity index (χ0n) is 5.15. The van der Waals surface area contributed by atoms with Crippen molar-refractivity contribution in [1.82, 2.24) is 0 Å². The Labute approximate surface area is 45.5 Å². The summed E-state index contributed by atoms with van der Waals surface area (Å²) in [6.07, 6.45) is 0. The molecule has 39 valence electrons. The highest BCUT2D eigenvalue weighted by atomic mass is 14.8. The molecule has 1 fully saturated rings. The Morgan fingerprint density at radius 1 is 1.29 bits per heavy atom. The maximum absolute atomic E-state index is 5.69. The summed E-state index contributed by atoms with van der Waals surface area (Å²) in [5.74, 6) is 0. The van der Waals surface area contributed by atoms with Gasteiger partial charge in [-0.1, -0.05) is 26.1 Å². The van der Waals surface area contributed by atoms with Crippen LogP contribution >= 0.6 is 0 Å². The summed E-state index contributed by atoms with van der Waals surface area (Å²) in [5, 5.41) is 0.299. The van der Waals surface area contributed by atoms with E-state index in [0.717, 1.165) is 0 Å². The van der Waals surface area contributed by atoms with Gasteiger partial charge in [-0.15, -0.1) is 0 Å². The van der Waals surface area contributed by atoms with E-state index in [1.165, 1.54) is 0 Å². The van der Waals surface area contributed by atoms with Crippen LogP contribution < -0.4 is 5.73 Å². The molecule has 1 aliphatic heterocycles. The molecule has 1 radical (unpaired) electrons. The van der Waals surface area contributed by atoms with Crippen LogP contribution in [0.3, 0.4) is 0 Å². The fourth-order valence-corrected chi connectivity index (χ4v) is 0.714. The molecule has 0 saturated carbocycles. The van der Waals surface area contributed by atoms with Crippen LogP contribution in [0.15, 0.2) is 0 Å². The van der Waals surface area contributed by atoms with Crippen molar-refractivity contribution in [2.45, 2.75) is 31.5 Å². The first-order valence-electron chi connectivity index (χ1n) is 2.62. The smallest absolute Gasteiger partial charge is 0.144 e. The SMILES string of the molecule is CC1(C)[B]C1(C)N. The molecular formula is C5H11BN. The quantitative estimate of drug-likeness (QED) is 0.438. The number of rotatable bonds is 0. The summed E-state index contributed by atoms with van der Waals surface area (Å²) in [6.45, 7) is 6.34. The Kier molecular flexibility index (Phi) is 0.662. The molecule has 0 amide bonds. The molecule has 1 atom stereocenters. The standard InChI is InChI=1S/C5H11BN/c1-4(2)5(3,7)6-4/h7H2,1-3H3. The van der Waals surface area contributed by atoms with Crippen molar-refractivity contribution in [2.24, 2.45) is 5.73 Å². The minimum Gasteiger partial charge on any atom is -0.333 e. The summed E-state index contributed by atoms with van der Waals surface area (Å²) in [4.78, 5) is 0. The number of hydrogen-bond acceptors (Lipinski definition) is 1. The minimum atomic E-state index is 0.0208. The van der Waals surface area contributed by atoms with E-state index in [-0.39, 0.29) is 5.44 Å². The van der Waals surface area contributed by atoms with E-state index < -0.39 is 0 Å². The van der Waals surface area contributed by atoms with Crippen LogP contribution in [0.25, 0.3) is 0 Å². The molecule has 0 aromatic heterocycles. The van der Waals surface area contributed by atoms with Crippen LogP contribution in [0, 0.1) is 0 Å². The van der Waals surface area contributed by atoms with Crippen molar-refractivity contribution in [3.63, 3.8) is 0 Å². The van der Waals surface area contributed by atoms with E-state index in [1.54, 1.807) is 0 Å². The third kappa shape index (κ3) is 0.575. The Morgan fingerprint density at radius 2 is 1.43 bits per heavy atom. The normalized spacial score (nSPS) is 45.1. The van der Waals surface area contributed by atoms with E-state index in [1.807, 2.05) is 6.92 Å². The van der Waals surface area contributed by atoms with Gasteiger partial charge in [0.1, 0.15) is 7.28 Å². The van der Waals surface area contributed by atoms with Crippen molar-refractivity contribution in [1.29, 1.82) is 0 Å². The first kappa shape index (κ1) is 5.17. The average molecular weight is 96.0 g/mol. The lowest BCUT2D eigenvalue weighted by Gasteiger charge is -2.07. The molecular weight excluding hydrogens is 84.9 g/mol. The van der Waals surface area contributed by atoms with Crippen molar-refractivity contribution < 1.29 is 0 Å². The molecule has 0 aliphatic carbocycles. The zero-order valence-corrected chi connectivity index (χ0v) is 5.15. The Morgan fingerprint density at radius 3 is 1.43 bits per heavy atom. The molecule has 0 aromatic carbocycles. The van der Waals surface area contributed by atoms with Gasteiger partial charge in [-0.2, -0.15) is 0 Å². The Balaban J connectivity index is 2.59. The molecule has 0 aromatic rings. The summed E-state index contributed by atoms with van der Waals surface area (Å²) in [5.41, 5.74) is 5.71. The lowest BCUT2D eigenvalue weighted by molar-refractivity contribution is 0.615. The Bertz CT molecular complexity index is 84.3.